The van der Waals surface area contributed by atoms with E-state index in [-0.39, 0.29) is 0 Å². The summed E-state index contributed by atoms with van der Waals surface area (Å²) >= 11 is 6.19. The van der Waals surface area contributed by atoms with Crippen molar-refractivity contribution < 1.29 is 0 Å². The molecule has 0 aromatic carbocycles. The van der Waals surface area contributed by atoms with Crippen LogP contribution in [0.1, 0.15) is 64.0 Å². The van der Waals surface area contributed by atoms with Crippen molar-refractivity contribution in [2.24, 2.45) is 5.41 Å². The van der Waals surface area contributed by atoms with E-state index in [0.29, 0.717) is 17.3 Å². The van der Waals surface area contributed by atoms with Gasteiger partial charge in [-0.3, -0.25) is 0 Å². The van der Waals surface area contributed by atoms with Crippen LogP contribution in [-0.2, 0) is 12.4 Å². The molecule has 0 spiro atoms. The van der Waals surface area contributed by atoms with E-state index in [9.17, 15) is 0 Å². The standard InChI is InChI=1S/C16H25ClN4/c1-5-20-15-14(11(2)19-20)18-13(10-17)21(15)12-7-6-8-16(3,4)9-12/h12H,5-10H2,1-4H3. The highest BCUT2D eigenvalue weighted by atomic mass is 35.5. The second kappa shape index (κ2) is 5.31. The predicted molar refractivity (Wildman–Crippen MR) is 86.8 cm³/mol. The first-order valence-corrected chi connectivity index (χ1v) is 8.50. The highest BCUT2D eigenvalue weighted by Crippen LogP contribution is 2.42. The summed E-state index contributed by atoms with van der Waals surface area (Å²) in [7, 11) is 0. The van der Waals surface area contributed by atoms with Crippen molar-refractivity contribution in [2.45, 2.75) is 71.8 Å². The smallest absolute Gasteiger partial charge is 0.159 e. The molecular weight excluding hydrogens is 284 g/mol. The summed E-state index contributed by atoms with van der Waals surface area (Å²) in [5.74, 6) is 1.46. The van der Waals surface area contributed by atoms with Crippen molar-refractivity contribution in [1.82, 2.24) is 19.3 Å². The van der Waals surface area contributed by atoms with Crippen LogP contribution < -0.4 is 0 Å². The van der Waals surface area contributed by atoms with E-state index in [1.165, 1.54) is 25.7 Å². The molecule has 21 heavy (non-hydrogen) atoms. The Kier molecular flexibility index (Phi) is 3.76. The molecule has 0 radical (unpaired) electrons. The summed E-state index contributed by atoms with van der Waals surface area (Å²) in [6.07, 6.45) is 4.99. The van der Waals surface area contributed by atoms with Gasteiger partial charge in [0.2, 0.25) is 0 Å². The first kappa shape index (κ1) is 14.9. The first-order valence-electron chi connectivity index (χ1n) is 7.97. The van der Waals surface area contributed by atoms with Gasteiger partial charge in [-0.25, -0.2) is 9.67 Å². The number of aryl methyl sites for hydroxylation is 2. The topological polar surface area (TPSA) is 35.6 Å². The van der Waals surface area contributed by atoms with Crippen LogP contribution in [0.4, 0.5) is 0 Å². The highest BCUT2D eigenvalue weighted by Gasteiger charge is 2.32. The summed E-state index contributed by atoms with van der Waals surface area (Å²) in [5.41, 5.74) is 3.59. The van der Waals surface area contributed by atoms with Crippen LogP contribution in [0.5, 0.6) is 0 Å². The zero-order chi connectivity index (χ0) is 15.2. The summed E-state index contributed by atoms with van der Waals surface area (Å²) in [6, 6.07) is 0.494. The van der Waals surface area contributed by atoms with Crippen LogP contribution in [-0.4, -0.2) is 19.3 Å². The van der Waals surface area contributed by atoms with Crippen LogP contribution in [0, 0.1) is 12.3 Å². The van der Waals surface area contributed by atoms with E-state index in [2.05, 4.69) is 35.1 Å². The number of hydrogen-bond donors (Lipinski definition) is 0. The largest absolute Gasteiger partial charge is 0.309 e. The lowest BCUT2D eigenvalue weighted by Gasteiger charge is -2.36. The van der Waals surface area contributed by atoms with Gasteiger partial charge in [0.05, 0.1) is 11.6 Å². The average molecular weight is 309 g/mol. The molecule has 1 atom stereocenters. The number of aromatic nitrogens is 4. The molecule has 116 valence electrons. The minimum absolute atomic E-state index is 0.398. The van der Waals surface area contributed by atoms with Crippen molar-refractivity contribution in [3.8, 4) is 0 Å². The number of rotatable bonds is 3. The van der Waals surface area contributed by atoms with Crippen molar-refractivity contribution in [3.63, 3.8) is 0 Å². The van der Waals surface area contributed by atoms with Crippen molar-refractivity contribution >= 4 is 22.8 Å². The van der Waals surface area contributed by atoms with Gasteiger partial charge in [0, 0.05) is 12.6 Å². The molecule has 2 aromatic rings. The molecule has 4 nitrogen and oxygen atoms in total. The lowest BCUT2D eigenvalue weighted by Crippen LogP contribution is -2.26. The lowest BCUT2D eigenvalue weighted by atomic mass is 9.75. The molecule has 0 amide bonds. The quantitative estimate of drug-likeness (QED) is 0.786. The summed E-state index contributed by atoms with van der Waals surface area (Å²) in [6.45, 7) is 9.78. The summed E-state index contributed by atoms with van der Waals surface area (Å²) in [4.78, 5) is 4.77. The Hall–Kier alpha value is -1.03. The van der Waals surface area contributed by atoms with Crippen molar-refractivity contribution in [3.05, 3.63) is 11.5 Å². The monoisotopic (exact) mass is 308 g/mol. The predicted octanol–water partition coefficient (Wildman–Crippen LogP) is 4.44. The molecule has 1 fully saturated rings. The van der Waals surface area contributed by atoms with Gasteiger partial charge < -0.3 is 4.57 Å². The number of fused-ring (bicyclic) bond motifs is 1. The molecule has 0 saturated heterocycles. The van der Waals surface area contributed by atoms with E-state index in [1.54, 1.807) is 0 Å². The van der Waals surface area contributed by atoms with Gasteiger partial charge in [-0.1, -0.05) is 20.3 Å². The summed E-state index contributed by atoms with van der Waals surface area (Å²) in [5, 5.41) is 4.63. The molecule has 5 heteroatoms. The maximum absolute atomic E-state index is 6.19. The van der Waals surface area contributed by atoms with Crippen molar-refractivity contribution in [2.75, 3.05) is 0 Å². The van der Waals surface area contributed by atoms with Crippen LogP contribution >= 0.6 is 11.6 Å². The van der Waals surface area contributed by atoms with Crippen LogP contribution in [0.25, 0.3) is 11.2 Å². The van der Waals surface area contributed by atoms with Gasteiger partial charge in [-0.2, -0.15) is 5.10 Å². The highest BCUT2D eigenvalue weighted by molar-refractivity contribution is 6.16. The zero-order valence-electron chi connectivity index (χ0n) is 13.5. The van der Waals surface area contributed by atoms with Gasteiger partial charge in [0.25, 0.3) is 0 Å². The van der Waals surface area contributed by atoms with Gasteiger partial charge >= 0.3 is 0 Å². The fourth-order valence-electron chi connectivity index (χ4n) is 3.81. The number of alkyl halides is 1. The van der Waals surface area contributed by atoms with Gasteiger partial charge in [-0.05, 0) is 38.5 Å². The molecule has 1 aliphatic rings. The fraction of sp³-hybridized carbons (Fsp3) is 0.750. The Morgan fingerprint density at radius 1 is 1.38 bits per heavy atom. The van der Waals surface area contributed by atoms with Crippen LogP contribution in [0.15, 0.2) is 0 Å². The number of halogens is 1. The Morgan fingerprint density at radius 3 is 2.76 bits per heavy atom. The molecule has 1 aliphatic carbocycles. The Morgan fingerprint density at radius 2 is 2.14 bits per heavy atom. The third kappa shape index (κ3) is 2.48. The van der Waals surface area contributed by atoms with Crippen LogP contribution in [0.3, 0.4) is 0 Å². The SMILES string of the molecule is CCn1nc(C)c2nc(CCl)n(C3CCCC(C)(C)C3)c21. The number of hydrogen-bond acceptors (Lipinski definition) is 2. The third-order valence-electron chi connectivity index (χ3n) is 4.78. The van der Waals surface area contributed by atoms with E-state index in [0.717, 1.165) is 29.2 Å². The van der Waals surface area contributed by atoms with Gasteiger partial charge in [0.15, 0.2) is 5.65 Å². The third-order valence-corrected chi connectivity index (χ3v) is 5.02. The van der Waals surface area contributed by atoms with Gasteiger partial charge in [-0.15, -0.1) is 11.6 Å². The number of imidazole rings is 1. The molecule has 0 N–H and O–H groups in total. The molecule has 1 unspecified atom stereocenters. The van der Waals surface area contributed by atoms with E-state index in [4.69, 9.17) is 16.6 Å². The van der Waals surface area contributed by atoms with Crippen molar-refractivity contribution in [1.29, 1.82) is 0 Å². The minimum atomic E-state index is 0.398. The maximum Gasteiger partial charge on any atom is 0.159 e. The van der Waals surface area contributed by atoms with Gasteiger partial charge in [0.1, 0.15) is 11.3 Å². The average Bonchev–Trinajstić information content (AvgIpc) is 2.95. The van der Waals surface area contributed by atoms with Crippen LogP contribution in [0.2, 0.25) is 0 Å². The Balaban J connectivity index is 2.15. The summed E-state index contributed by atoms with van der Waals surface area (Å²) < 4.78 is 4.46. The second-order valence-electron chi connectivity index (χ2n) is 7.02. The molecule has 3 rings (SSSR count). The van der Waals surface area contributed by atoms with E-state index >= 15 is 0 Å². The molecule has 2 aromatic heterocycles. The van der Waals surface area contributed by atoms with E-state index in [1.807, 2.05) is 6.92 Å². The molecule has 0 bridgehead atoms. The normalized spacial score (nSPS) is 22.0. The number of nitrogens with zero attached hydrogens (tertiary/aromatic N) is 4. The first-order chi connectivity index (χ1) is 9.96. The molecular formula is C16H25ClN4. The molecule has 0 aliphatic heterocycles. The lowest BCUT2D eigenvalue weighted by molar-refractivity contribution is 0.183. The molecule has 2 heterocycles. The zero-order valence-corrected chi connectivity index (χ0v) is 14.2. The fourth-order valence-corrected chi connectivity index (χ4v) is 4.00. The molecule has 1 saturated carbocycles. The Labute approximate surface area is 131 Å². The Bertz CT molecular complexity index is 653. The van der Waals surface area contributed by atoms with E-state index < -0.39 is 0 Å². The minimum Gasteiger partial charge on any atom is -0.309 e. The maximum atomic E-state index is 6.19. The second-order valence-corrected chi connectivity index (χ2v) is 7.29.